The third-order valence-corrected chi connectivity index (χ3v) is 4.22. The monoisotopic (exact) mass is 325 g/mol. The molecular weight excluding hydrogens is 306 g/mol. The predicted molar refractivity (Wildman–Crippen MR) is 88.7 cm³/mol. The predicted octanol–water partition coefficient (Wildman–Crippen LogP) is 4.49. The van der Waals surface area contributed by atoms with Crippen molar-refractivity contribution in [2.24, 2.45) is 0 Å². The number of benzene rings is 1. The van der Waals surface area contributed by atoms with E-state index in [0.717, 1.165) is 24.3 Å². The minimum absolute atomic E-state index is 0.655. The highest BCUT2D eigenvalue weighted by molar-refractivity contribution is 7.09. The van der Waals surface area contributed by atoms with Gasteiger partial charge in [-0.05, 0) is 29.5 Å². The molecule has 0 amide bonds. The Morgan fingerprint density at radius 1 is 1.24 bits per heavy atom. The highest BCUT2D eigenvalue weighted by atomic mass is 35.5. The van der Waals surface area contributed by atoms with Gasteiger partial charge < -0.3 is 14.8 Å². The Hall–Kier alpha value is -1.23. The summed E-state index contributed by atoms with van der Waals surface area (Å²) in [4.78, 5) is 1.31. The van der Waals surface area contributed by atoms with Gasteiger partial charge in [-0.1, -0.05) is 24.6 Å². The number of ether oxygens (including phenoxy) is 2. The van der Waals surface area contributed by atoms with E-state index < -0.39 is 0 Å². The summed E-state index contributed by atoms with van der Waals surface area (Å²) in [5, 5.41) is 6.16. The Balaban J connectivity index is 2.01. The topological polar surface area (TPSA) is 30.5 Å². The van der Waals surface area contributed by atoms with E-state index >= 15 is 0 Å². The van der Waals surface area contributed by atoms with E-state index in [9.17, 15) is 0 Å². The summed E-state index contributed by atoms with van der Waals surface area (Å²) in [6.07, 6.45) is 0.949. The summed E-state index contributed by atoms with van der Waals surface area (Å²) in [5.41, 5.74) is 1.01. The first-order valence-corrected chi connectivity index (χ1v) is 8.22. The Morgan fingerprint density at radius 3 is 2.76 bits per heavy atom. The third-order valence-electron chi connectivity index (χ3n) is 2.99. The van der Waals surface area contributed by atoms with Crippen molar-refractivity contribution < 1.29 is 9.47 Å². The number of methoxy groups -OCH3 is 1. The summed E-state index contributed by atoms with van der Waals surface area (Å²) in [6, 6.07) is 7.94. The minimum atomic E-state index is 0.655. The molecule has 2 rings (SSSR count). The fourth-order valence-electron chi connectivity index (χ4n) is 1.93. The lowest BCUT2D eigenvalue weighted by atomic mass is 10.2. The first-order chi connectivity index (χ1) is 10.2. The van der Waals surface area contributed by atoms with Gasteiger partial charge in [0.25, 0.3) is 0 Å². The molecule has 0 aliphatic heterocycles. The van der Waals surface area contributed by atoms with Crippen LogP contribution in [-0.2, 0) is 13.1 Å². The molecule has 0 unspecified atom stereocenters. The molecule has 1 N–H and O–H groups in total. The average molecular weight is 326 g/mol. The summed E-state index contributed by atoms with van der Waals surface area (Å²) >= 11 is 8.07. The summed E-state index contributed by atoms with van der Waals surface area (Å²) in [6.45, 7) is 4.26. The zero-order chi connectivity index (χ0) is 15.1. The third kappa shape index (κ3) is 4.63. The molecule has 114 valence electrons. The number of rotatable bonds is 8. The molecule has 0 saturated heterocycles. The van der Waals surface area contributed by atoms with Crippen molar-refractivity contribution in [2.75, 3.05) is 13.7 Å². The van der Waals surface area contributed by atoms with E-state index in [1.54, 1.807) is 18.4 Å². The van der Waals surface area contributed by atoms with Crippen LogP contribution in [0.5, 0.6) is 11.5 Å². The smallest absolute Gasteiger partial charge is 0.162 e. The van der Waals surface area contributed by atoms with Crippen molar-refractivity contribution in [3.8, 4) is 11.5 Å². The Labute approximate surface area is 134 Å². The van der Waals surface area contributed by atoms with Crippen LogP contribution in [0.2, 0.25) is 5.02 Å². The molecule has 21 heavy (non-hydrogen) atoms. The van der Waals surface area contributed by atoms with Crippen LogP contribution >= 0.6 is 22.9 Å². The lowest BCUT2D eigenvalue weighted by molar-refractivity contribution is 0.294. The van der Waals surface area contributed by atoms with Gasteiger partial charge in [0.2, 0.25) is 0 Å². The molecule has 0 bridgehead atoms. The zero-order valence-corrected chi connectivity index (χ0v) is 13.9. The molecule has 0 spiro atoms. The highest BCUT2D eigenvalue weighted by Gasteiger charge is 2.10. The van der Waals surface area contributed by atoms with Crippen LogP contribution in [0.4, 0.5) is 0 Å². The Bertz CT molecular complexity index is 558. The molecule has 0 atom stereocenters. The first kappa shape index (κ1) is 16.1. The molecule has 1 heterocycles. The van der Waals surface area contributed by atoms with Crippen LogP contribution in [0, 0.1) is 0 Å². The molecule has 0 aliphatic carbocycles. The van der Waals surface area contributed by atoms with E-state index in [2.05, 4.69) is 29.8 Å². The first-order valence-electron chi connectivity index (χ1n) is 6.97. The zero-order valence-electron chi connectivity index (χ0n) is 12.3. The van der Waals surface area contributed by atoms with Crippen molar-refractivity contribution in [3.05, 3.63) is 45.1 Å². The fraction of sp³-hybridized carbons (Fsp3) is 0.375. The molecular formula is C16H20ClNO2S. The summed E-state index contributed by atoms with van der Waals surface area (Å²) in [5.74, 6) is 1.42. The standard InChI is InChI=1S/C16H20ClNO2S/c1-3-6-20-16-9-14(17)12(8-15(16)19-2)10-18-11-13-5-4-7-21-13/h4-5,7-9,18H,3,6,10-11H2,1-2H3. The second kappa shape index (κ2) is 8.27. The maximum Gasteiger partial charge on any atom is 0.162 e. The van der Waals surface area contributed by atoms with Crippen molar-refractivity contribution in [1.82, 2.24) is 5.32 Å². The maximum absolute atomic E-state index is 6.32. The van der Waals surface area contributed by atoms with Crippen LogP contribution in [0.25, 0.3) is 0 Å². The quantitative estimate of drug-likeness (QED) is 0.775. The van der Waals surface area contributed by atoms with Gasteiger partial charge in [-0.2, -0.15) is 0 Å². The van der Waals surface area contributed by atoms with Crippen molar-refractivity contribution in [1.29, 1.82) is 0 Å². The van der Waals surface area contributed by atoms with Crippen LogP contribution in [0.15, 0.2) is 29.6 Å². The SMILES string of the molecule is CCCOc1cc(Cl)c(CNCc2cccs2)cc1OC. The minimum Gasteiger partial charge on any atom is -0.493 e. The Morgan fingerprint density at radius 2 is 2.10 bits per heavy atom. The van der Waals surface area contributed by atoms with Gasteiger partial charge in [0.15, 0.2) is 11.5 Å². The molecule has 1 aromatic carbocycles. The molecule has 0 saturated carbocycles. The second-order valence-electron chi connectivity index (χ2n) is 4.63. The van der Waals surface area contributed by atoms with Crippen LogP contribution in [0.3, 0.4) is 0 Å². The molecule has 3 nitrogen and oxygen atoms in total. The van der Waals surface area contributed by atoms with Crippen LogP contribution in [-0.4, -0.2) is 13.7 Å². The second-order valence-corrected chi connectivity index (χ2v) is 6.07. The largest absolute Gasteiger partial charge is 0.493 e. The number of halogens is 1. The highest BCUT2D eigenvalue weighted by Crippen LogP contribution is 2.33. The van der Waals surface area contributed by atoms with E-state index in [1.807, 2.05) is 12.1 Å². The lowest BCUT2D eigenvalue weighted by Crippen LogP contribution is -2.12. The molecule has 0 fully saturated rings. The molecule has 0 radical (unpaired) electrons. The normalized spacial score (nSPS) is 10.6. The van der Waals surface area contributed by atoms with Crippen molar-refractivity contribution in [2.45, 2.75) is 26.4 Å². The summed E-state index contributed by atoms with van der Waals surface area (Å²) < 4.78 is 11.0. The van der Waals surface area contributed by atoms with Crippen molar-refractivity contribution in [3.63, 3.8) is 0 Å². The van der Waals surface area contributed by atoms with E-state index in [1.165, 1.54) is 4.88 Å². The number of thiophene rings is 1. The van der Waals surface area contributed by atoms with Gasteiger partial charge in [-0.25, -0.2) is 0 Å². The molecule has 0 aliphatic rings. The fourth-order valence-corrected chi connectivity index (χ4v) is 2.83. The average Bonchev–Trinajstić information content (AvgIpc) is 3.00. The van der Waals surface area contributed by atoms with Gasteiger partial charge >= 0.3 is 0 Å². The van der Waals surface area contributed by atoms with Gasteiger partial charge in [0.05, 0.1) is 13.7 Å². The molecule has 5 heteroatoms. The van der Waals surface area contributed by atoms with E-state index in [4.69, 9.17) is 21.1 Å². The van der Waals surface area contributed by atoms with Gasteiger partial charge in [0.1, 0.15) is 0 Å². The van der Waals surface area contributed by atoms with E-state index in [0.29, 0.717) is 23.9 Å². The van der Waals surface area contributed by atoms with Crippen LogP contribution < -0.4 is 14.8 Å². The number of hydrogen-bond acceptors (Lipinski definition) is 4. The molecule has 1 aromatic heterocycles. The lowest BCUT2D eigenvalue weighted by Gasteiger charge is -2.13. The maximum atomic E-state index is 6.32. The van der Waals surface area contributed by atoms with Crippen molar-refractivity contribution >= 4 is 22.9 Å². The van der Waals surface area contributed by atoms with Gasteiger partial charge in [-0.3, -0.25) is 0 Å². The molecule has 2 aromatic rings. The van der Waals surface area contributed by atoms with Crippen LogP contribution in [0.1, 0.15) is 23.8 Å². The number of nitrogens with one attached hydrogen (secondary N) is 1. The Kier molecular flexibility index (Phi) is 6.36. The van der Waals surface area contributed by atoms with Gasteiger partial charge in [-0.15, -0.1) is 11.3 Å². The summed E-state index contributed by atoms with van der Waals surface area (Å²) in [7, 11) is 1.64. The number of hydrogen-bond donors (Lipinski definition) is 1. The van der Waals surface area contributed by atoms with Gasteiger partial charge in [0, 0.05) is 29.1 Å². The van der Waals surface area contributed by atoms with E-state index in [-0.39, 0.29) is 0 Å².